The lowest BCUT2D eigenvalue weighted by molar-refractivity contribution is -0.193. The van der Waals surface area contributed by atoms with Crippen molar-refractivity contribution in [3.63, 3.8) is 0 Å². The van der Waals surface area contributed by atoms with Crippen LogP contribution in [-0.4, -0.2) is 100 Å². The van der Waals surface area contributed by atoms with Crippen LogP contribution in [0.3, 0.4) is 0 Å². The number of carboxylic acid groups (broad SMARTS) is 2. The fraction of sp³-hybridized carbons (Fsp3) is 0.667. The summed E-state index contributed by atoms with van der Waals surface area (Å²) in [6.07, 6.45) is -8.24. The van der Waals surface area contributed by atoms with Gasteiger partial charge in [0.05, 0.1) is 0 Å². The highest BCUT2D eigenvalue weighted by Gasteiger charge is 2.48. The third-order valence-corrected chi connectivity index (χ3v) is 6.83. The Morgan fingerprint density at radius 1 is 0.972 bits per heavy atom. The van der Waals surface area contributed by atoms with E-state index in [1.807, 2.05) is 16.2 Å². The number of piperazine rings is 1. The molecule has 15 heteroatoms. The number of alkyl halides is 6. The van der Waals surface area contributed by atoms with Crippen LogP contribution < -0.4 is 0 Å². The monoisotopic (exact) mass is 549 g/mol. The number of hydrogen-bond acceptors (Lipinski definition) is 6. The summed E-state index contributed by atoms with van der Waals surface area (Å²) in [6, 6.07) is 4.43. The van der Waals surface area contributed by atoms with Gasteiger partial charge in [-0.2, -0.15) is 26.3 Å². The first kappa shape index (κ1) is 31.6. The van der Waals surface area contributed by atoms with Crippen molar-refractivity contribution in [1.82, 2.24) is 14.7 Å². The van der Waals surface area contributed by atoms with E-state index < -0.39 is 24.3 Å². The molecule has 1 aromatic heterocycles. The average Bonchev–Trinajstić information content (AvgIpc) is 3.17. The summed E-state index contributed by atoms with van der Waals surface area (Å²) in [7, 11) is 2.13. The molecule has 3 rings (SSSR count). The second-order valence-electron chi connectivity index (χ2n) is 8.23. The summed E-state index contributed by atoms with van der Waals surface area (Å²) in [5, 5.41) is 14.2. The Kier molecular flexibility index (Phi) is 11.2. The zero-order valence-corrected chi connectivity index (χ0v) is 20.8. The number of aryl methyl sites for hydroxylation is 1. The summed E-state index contributed by atoms with van der Waals surface area (Å²) in [6.45, 7) is 10.0. The zero-order chi connectivity index (χ0) is 27.9. The standard InChI is InChI=1S/C17H27N3OS.2C2HF3O2/c1-4-20-12-11-18(3)17(16(20)21)7-9-19(10-8-17)13-15-6-5-14(2)22-15;2*3-2(4,5)1(6)7/h5-6H,4,7-13H2,1-3H3;2*(H,6,7). The summed E-state index contributed by atoms with van der Waals surface area (Å²) >= 11 is 1.89. The molecule has 1 amide bonds. The molecule has 0 aliphatic carbocycles. The molecule has 2 aliphatic rings. The van der Waals surface area contributed by atoms with Crippen molar-refractivity contribution in [3.05, 3.63) is 21.9 Å². The molecule has 0 atom stereocenters. The quantitative estimate of drug-likeness (QED) is 0.557. The minimum absolute atomic E-state index is 0.240. The number of piperidine rings is 1. The molecule has 0 saturated carbocycles. The van der Waals surface area contributed by atoms with Gasteiger partial charge in [0.25, 0.3) is 0 Å². The Morgan fingerprint density at radius 3 is 1.81 bits per heavy atom. The van der Waals surface area contributed by atoms with Crippen molar-refractivity contribution in [2.24, 2.45) is 0 Å². The van der Waals surface area contributed by atoms with Gasteiger partial charge in [-0.15, -0.1) is 11.3 Å². The van der Waals surface area contributed by atoms with Gasteiger partial charge in [-0.3, -0.25) is 14.6 Å². The van der Waals surface area contributed by atoms with Crippen LogP contribution >= 0.6 is 11.3 Å². The third kappa shape index (κ3) is 8.92. The molecular formula is C21H29F6N3O5S. The maximum atomic E-state index is 12.9. The number of carbonyl (C=O) groups excluding carboxylic acids is 1. The Labute approximate surface area is 208 Å². The van der Waals surface area contributed by atoms with Crippen molar-refractivity contribution in [3.8, 4) is 0 Å². The minimum Gasteiger partial charge on any atom is -0.475 e. The maximum Gasteiger partial charge on any atom is 0.490 e. The molecule has 2 fully saturated rings. The Balaban J connectivity index is 0.000000383. The lowest BCUT2D eigenvalue weighted by Gasteiger charge is -2.51. The van der Waals surface area contributed by atoms with Crippen LogP contribution in [0.1, 0.15) is 29.5 Å². The van der Waals surface area contributed by atoms with Gasteiger partial charge in [0.2, 0.25) is 5.91 Å². The number of aliphatic carboxylic acids is 2. The first-order chi connectivity index (χ1) is 16.4. The van der Waals surface area contributed by atoms with Crippen molar-refractivity contribution < 1.29 is 50.9 Å². The van der Waals surface area contributed by atoms with Crippen LogP contribution in [0.25, 0.3) is 0 Å². The first-order valence-electron chi connectivity index (χ1n) is 10.8. The van der Waals surface area contributed by atoms with E-state index in [0.29, 0.717) is 5.91 Å². The molecule has 8 nitrogen and oxygen atoms in total. The number of likely N-dealkylation sites (N-methyl/N-ethyl adjacent to an activating group) is 2. The molecule has 36 heavy (non-hydrogen) atoms. The van der Waals surface area contributed by atoms with Crippen LogP contribution in [0.5, 0.6) is 0 Å². The Bertz CT molecular complexity index is 873. The zero-order valence-electron chi connectivity index (χ0n) is 19.9. The molecule has 2 saturated heterocycles. The van der Waals surface area contributed by atoms with E-state index >= 15 is 0 Å². The maximum absolute atomic E-state index is 12.9. The number of likely N-dealkylation sites (tertiary alicyclic amines) is 1. The van der Waals surface area contributed by atoms with E-state index in [1.54, 1.807) is 0 Å². The number of nitrogens with zero attached hydrogens (tertiary/aromatic N) is 3. The Hall–Kier alpha value is -2.39. The second kappa shape index (κ2) is 12.7. The highest BCUT2D eigenvalue weighted by Crippen LogP contribution is 2.33. The van der Waals surface area contributed by atoms with E-state index in [2.05, 4.69) is 42.8 Å². The second-order valence-corrected chi connectivity index (χ2v) is 9.60. The van der Waals surface area contributed by atoms with E-state index in [1.165, 1.54) is 9.75 Å². The predicted octanol–water partition coefficient (Wildman–Crippen LogP) is 3.45. The minimum atomic E-state index is -5.08. The predicted molar refractivity (Wildman–Crippen MR) is 119 cm³/mol. The fourth-order valence-corrected chi connectivity index (χ4v) is 4.75. The van der Waals surface area contributed by atoms with Gasteiger partial charge in [0.15, 0.2) is 0 Å². The number of halogens is 6. The highest BCUT2D eigenvalue weighted by molar-refractivity contribution is 7.11. The molecule has 0 unspecified atom stereocenters. The van der Waals surface area contributed by atoms with E-state index in [4.69, 9.17) is 19.8 Å². The van der Waals surface area contributed by atoms with Gasteiger partial charge >= 0.3 is 24.3 Å². The van der Waals surface area contributed by atoms with Crippen LogP contribution in [-0.2, 0) is 20.9 Å². The normalized spacial score (nSPS) is 18.7. The largest absolute Gasteiger partial charge is 0.490 e. The summed E-state index contributed by atoms with van der Waals surface area (Å²) < 4.78 is 63.5. The molecular weight excluding hydrogens is 520 g/mol. The average molecular weight is 550 g/mol. The van der Waals surface area contributed by atoms with Crippen molar-refractivity contribution >= 4 is 29.2 Å². The summed E-state index contributed by atoms with van der Waals surface area (Å²) in [5.41, 5.74) is -0.240. The SMILES string of the molecule is CCN1CCN(C)C2(CCN(Cc3ccc(C)s3)CC2)C1=O.O=C(O)C(F)(F)F.O=C(O)C(F)(F)F. The van der Waals surface area contributed by atoms with Crippen LogP contribution in [0.2, 0.25) is 0 Å². The highest BCUT2D eigenvalue weighted by atomic mass is 32.1. The van der Waals surface area contributed by atoms with Gasteiger partial charge in [-0.1, -0.05) is 0 Å². The Morgan fingerprint density at radius 2 is 1.44 bits per heavy atom. The van der Waals surface area contributed by atoms with Gasteiger partial charge < -0.3 is 15.1 Å². The van der Waals surface area contributed by atoms with Crippen molar-refractivity contribution in [1.29, 1.82) is 0 Å². The molecule has 2 N–H and O–H groups in total. The number of thiophene rings is 1. The van der Waals surface area contributed by atoms with Gasteiger partial charge in [-0.25, -0.2) is 9.59 Å². The van der Waals surface area contributed by atoms with Crippen LogP contribution in [0, 0.1) is 6.92 Å². The van der Waals surface area contributed by atoms with Crippen LogP contribution in [0.15, 0.2) is 12.1 Å². The third-order valence-electron chi connectivity index (χ3n) is 5.85. The van der Waals surface area contributed by atoms with Gasteiger partial charge in [-0.05, 0) is 45.9 Å². The summed E-state index contributed by atoms with van der Waals surface area (Å²) in [5.74, 6) is -5.16. The van der Waals surface area contributed by atoms with Crippen molar-refractivity contribution in [2.75, 3.05) is 39.8 Å². The van der Waals surface area contributed by atoms with Gasteiger partial charge in [0, 0.05) is 49.0 Å². The van der Waals surface area contributed by atoms with E-state index in [0.717, 1.165) is 52.1 Å². The molecule has 1 spiro atoms. The molecule has 0 aromatic carbocycles. The number of carbonyl (C=O) groups is 3. The molecule has 0 radical (unpaired) electrons. The molecule has 3 heterocycles. The molecule has 2 aliphatic heterocycles. The number of rotatable bonds is 3. The lowest BCUT2D eigenvalue weighted by atomic mass is 9.82. The van der Waals surface area contributed by atoms with Gasteiger partial charge in [0.1, 0.15) is 5.54 Å². The topological polar surface area (TPSA) is 101 Å². The lowest BCUT2D eigenvalue weighted by Crippen LogP contribution is -2.67. The van der Waals surface area contributed by atoms with E-state index in [9.17, 15) is 31.1 Å². The number of amides is 1. The number of hydrogen-bond donors (Lipinski definition) is 2. The smallest absolute Gasteiger partial charge is 0.475 e. The number of carboxylic acids is 2. The molecule has 206 valence electrons. The van der Waals surface area contributed by atoms with E-state index in [-0.39, 0.29) is 5.54 Å². The fourth-order valence-electron chi connectivity index (χ4n) is 3.81. The van der Waals surface area contributed by atoms with Crippen LogP contribution in [0.4, 0.5) is 26.3 Å². The first-order valence-corrected chi connectivity index (χ1v) is 11.6. The van der Waals surface area contributed by atoms with Crippen molar-refractivity contribution in [2.45, 2.75) is 51.1 Å². The summed E-state index contributed by atoms with van der Waals surface area (Å²) in [4.78, 5) is 40.3. The molecule has 0 bridgehead atoms. The molecule has 1 aromatic rings.